The van der Waals surface area contributed by atoms with Gasteiger partial charge in [-0.25, -0.2) is 13.1 Å². The summed E-state index contributed by atoms with van der Waals surface area (Å²) in [5.74, 6) is 0. The summed E-state index contributed by atoms with van der Waals surface area (Å²) in [6.45, 7) is 7.22. The summed E-state index contributed by atoms with van der Waals surface area (Å²) in [4.78, 5) is 0. The van der Waals surface area contributed by atoms with Crippen molar-refractivity contribution in [2.24, 2.45) is 5.41 Å². The third kappa shape index (κ3) is 12.2. The first-order valence-corrected chi connectivity index (χ1v) is 8.60. The van der Waals surface area contributed by atoms with E-state index in [0.29, 0.717) is 6.54 Å². The molecule has 0 saturated heterocycles. The summed E-state index contributed by atoms with van der Waals surface area (Å²) in [5.41, 5.74) is 0.240. The second kappa shape index (κ2) is 8.09. The van der Waals surface area contributed by atoms with Crippen LogP contribution in [0.4, 0.5) is 0 Å². The Labute approximate surface area is 107 Å². The van der Waals surface area contributed by atoms with E-state index < -0.39 is 10.0 Å². The molecule has 17 heavy (non-hydrogen) atoms. The van der Waals surface area contributed by atoms with E-state index in [1.165, 1.54) is 44.8 Å². The lowest BCUT2D eigenvalue weighted by atomic mass is 9.83. The van der Waals surface area contributed by atoms with Gasteiger partial charge in [-0.2, -0.15) is 0 Å². The molecule has 0 aromatic rings. The zero-order valence-corrected chi connectivity index (χ0v) is 12.7. The molecule has 0 aromatic carbocycles. The van der Waals surface area contributed by atoms with Crippen LogP contribution in [0.25, 0.3) is 0 Å². The molecule has 0 fully saturated rings. The van der Waals surface area contributed by atoms with Gasteiger partial charge < -0.3 is 0 Å². The third-order valence-electron chi connectivity index (χ3n) is 3.12. The maximum Gasteiger partial charge on any atom is 0.208 e. The molecule has 0 aliphatic rings. The molecule has 0 spiro atoms. The monoisotopic (exact) mass is 263 g/mol. The Hall–Kier alpha value is -0.0900. The fourth-order valence-electron chi connectivity index (χ4n) is 1.91. The Morgan fingerprint density at radius 1 is 1.00 bits per heavy atom. The lowest BCUT2D eigenvalue weighted by molar-refractivity contribution is 0.296. The van der Waals surface area contributed by atoms with Crippen LogP contribution < -0.4 is 4.72 Å². The largest absolute Gasteiger partial charge is 0.215 e. The Kier molecular flexibility index (Phi) is 8.05. The Bertz CT molecular complexity index is 284. The zero-order chi connectivity index (χ0) is 13.4. The van der Waals surface area contributed by atoms with Gasteiger partial charge in [-0.1, -0.05) is 52.9 Å². The van der Waals surface area contributed by atoms with Crippen molar-refractivity contribution in [3.63, 3.8) is 0 Å². The summed E-state index contributed by atoms with van der Waals surface area (Å²) in [6.07, 6.45) is 9.80. The van der Waals surface area contributed by atoms with Crippen LogP contribution in [0.1, 0.15) is 65.7 Å². The smallest absolute Gasteiger partial charge is 0.208 e. The second-order valence-corrected chi connectivity index (χ2v) is 7.58. The number of unbranched alkanes of at least 4 members (excludes halogenated alkanes) is 4. The Morgan fingerprint density at radius 2 is 1.59 bits per heavy atom. The molecule has 0 aromatic heterocycles. The van der Waals surface area contributed by atoms with Gasteiger partial charge in [0, 0.05) is 6.54 Å². The van der Waals surface area contributed by atoms with Gasteiger partial charge in [0.25, 0.3) is 0 Å². The highest BCUT2D eigenvalue weighted by molar-refractivity contribution is 7.88. The number of sulfonamides is 1. The summed E-state index contributed by atoms with van der Waals surface area (Å²) < 4.78 is 24.4. The number of hydrogen-bond donors (Lipinski definition) is 1. The van der Waals surface area contributed by atoms with Gasteiger partial charge in [0.2, 0.25) is 10.0 Å². The molecule has 0 amide bonds. The molecule has 0 atom stereocenters. The fourth-order valence-corrected chi connectivity index (χ4v) is 2.38. The summed E-state index contributed by atoms with van der Waals surface area (Å²) >= 11 is 0. The van der Waals surface area contributed by atoms with E-state index in [2.05, 4.69) is 25.5 Å². The van der Waals surface area contributed by atoms with E-state index in [0.717, 1.165) is 6.42 Å². The van der Waals surface area contributed by atoms with E-state index in [9.17, 15) is 8.42 Å². The predicted molar refractivity (Wildman–Crippen MR) is 74.6 cm³/mol. The standard InChI is InChI=1S/C13H29NO2S/c1-5-6-7-8-9-10-13(2,3)11-12-14-17(4,15)16/h14H,5-12H2,1-4H3. The van der Waals surface area contributed by atoms with Crippen LogP contribution >= 0.6 is 0 Å². The van der Waals surface area contributed by atoms with Crippen molar-refractivity contribution in [1.82, 2.24) is 4.72 Å². The topological polar surface area (TPSA) is 46.2 Å². The predicted octanol–water partition coefficient (Wildman–Crippen LogP) is 3.31. The molecule has 4 heteroatoms. The minimum atomic E-state index is -3.03. The van der Waals surface area contributed by atoms with E-state index in [-0.39, 0.29) is 5.41 Å². The van der Waals surface area contributed by atoms with Crippen molar-refractivity contribution in [2.45, 2.75) is 65.7 Å². The lowest BCUT2D eigenvalue weighted by Gasteiger charge is -2.24. The van der Waals surface area contributed by atoms with Crippen molar-refractivity contribution in [3.8, 4) is 0 Å². The van der Waals surface area contributed by atoms with Crippen LogP contribution in [0.2, 0.25) is 0 Å². The third-order valence-corrected chi connectivity index (χ3v) is 3.85. The molecular formula is C13H29NO2S. The van der Waals surface area contributed by atoms with E-state index in [1.807, 2.05) is 0 Å². The van der Waals surface area contributed by atoms with Crippen molar-refractivity contribution in [1.29, 1.82) is 0 Å². The highest BCUT2D eigenvalue weighted by atomic mass is 32.2. The minimum Gasteiger partial charge on any atom is -0.215 e. The number of nitrogens with one attached hydrogen (secondary N) is 1. The van der Waals surface area contributed by atoms with Crippen molar-refractivity contribution in [2.75, 3.05) is 12.8 Å². The first kappa shape index (κ1) is 16.9. The van der Waals surface area contributed by atoms with Crippen LogP contribution in [0.3, 0.4) is 0 Å². The van der Waals surface area contributed by atoms with Gasteiger partial charge in [0.15, 0.2) is 0 Å². The second-order valence-electron chi connectivity index (χ2n) is 5.74. The molecule has 3 nitrogen and oxygen atoms in total. The molecule has 1 N–H and O–H groups in total. The summed E-state index contributed by atoms with van der Waals surface area (Å²) in [6, 6.07) is 0. The van der Waals surface area contributed by atoms with Crippen LogP contribution in [-0.4, -0.2) is 21.2 Å². The molecule has 0 radical (unpaired) electrons. The SMILES string of the molecule is CCCCCCCC(C)(C)CCNS(C)(=O)=O. The fraction of sp³-hybridized carbons (Fsp3) is 1.00. The van der Waals surface area contributed by atoms with Crippen molar-refractivity contribution < 1.29 is 8.42 Å². The van der Waals surface area contributed by atoms with E-state index in [1.54, 1.807) is 0 Å². The van der Waals surface area contributed by atoms with Gasteiger partial charge in [0.05, 0.1) is 6.26 Å². The zero-order valence-electron chi connectivity index (χ0n) is 11.9. The van der Waals surface area contributed by atoms with Crippen molar-refractivity contribution in [3.05, 3.63) is 0 Å². The molecule has 0 aliphatic heterocycles. The lowest BCUT2D eigenvalue weighted by Crippen LogP contribution is -2.27. The quantitative estimate of drug-likeness (QED) is 0.615. The average Bonchev–Trinajstić information content (AvgIpc) is 2.14. The number of hydrogen-bond acceptors (Lipinski definition) is 2. The molecule has 0 aliphatic carbocycles. The van der Waals surface area contributed by atoms with Gasteiger partial charge in [-0.05, 0) is 18.3 Å². The van der Waals surface area contributed by atoms with E-state index >= 15 is 0 Å². The maximum absolute atomic E-state index is 10.9. The number of rotatable bonds is 10. The molecule has 0 saturated carbocycles. The van der Waals surface area contributed by atoms with Gasteiger partial charge in [0.1, 0.15) is 0 Å². The Balaban J connectivity index is 3.65. The van der Waals surface area contributed by atoms with Crippen LogP contribution in [0, 0.1) is 5.41 Å². The maximum atomic E-state index is 10.9. The van der Waals surface area contributed by atoms with Crippen LogP contribution in [0.5, 0.6) is 0 Å². The molecule has 0 heterocycles. The average molecular weight is 263 g/mol. The first-order valence-electron chi connectivity index (χ1n) is 6.71. The summed E-state index contributed by atoms with van der Waals surface area (Å²) in [7, 11) is -3.03. The summed E-state index contributed by atoms with van der Waals surface area (Å²) in [5, 5.41) is 0. The van der Waals surface area contributed by atoms with Gasteiger partial charge in [-0.15, -0.1) is 0 Å². The molecule has 0 rings (SSSR count). The van der Waals surface area contributed by atoms with Gasteiger partial charge in [-0.3, -0.25) is 0 Å². The highest BCUT2D eigenvalue weighted by Gasteiger charge is 2.17. The van der Waals surface area contributed by atoms with Crippen LogP contribution in [-0.2, 0) is 10.0 Å². The normalized spacial score (nSPS) is 12.9. The molecular weight excluding hydrogens is 234 g/mol. The first-order chi connectivity index (χ1) is 7.77. The van der Waals surface area contributed by atoms with E-state index in [4.69, 9.17) is 0 Å². The molecule has 0 bridgehead atoms. The highest BCUT2D eigenvalue weighted by Crippen LogP contribution is 2.27. The van der Waals surface area contributed by atoms with Gasteiger partial charge >= 0.3 is 0 Å². The van der Waals surface area contributed by atoms with Crippen molar-refractivity contribution >= 4 is 10.0 Å². The minimum absolute atomic E-state index is 0.240. The van der Waals surface area contributed by atoms with Crippen LogP contribution in [0.15, 0.2) is 0 Å². The molecule has 0 unspecified atom stereocenters. The Morgan fingerprint density at radius 3 is 2.12 bits per heavy atom. The molecule has 104 valence electrons.